The number of nitrogens with one attached hydrogen (secondary N) is 1. The van der Waals surface area contributed by atoms with Gasteiger partial charge in [0, 0.05) is 10.0 Å². The van der Waals surface area contributed by atoms with Gasteiger partial charge in [-0.3, -0.25) is 4.79 Å². The summed E-state index contributed by atoms with van der Waals surface area (Å²) in [6.07, 6.45) is 1.58. The van der Waals surface area contributed by atoms with E-state index >= 15 is 0 Å². The molecular formula is C16H14BrN3O3S. The van der Waals surface area contributed by atoms with Crippen LogP contribution < -0.4 is 5.32 Å². The summed E-state index contributed by atoms with van der Waals surface area (Å²) in [6.45, 7) is 1.86. The average Bonchev–Trinajstić information content (AvgIpc) is 3.25. The Morgan fingerprint density at radius 3 is 2.96 bits per heavy atom. The molecule has 0 aliphatic carbocycles. The molecule has 0 saturated heterocycles. The lowest BCUT2D eigenvalue weighted by Crippen LogP contribution is -2.27. The van der Waals surface area contributed by atoms with Crippen molar-refractivity contribution in [1.29, 1.82) is 0 Å². The monoisotopic (exact) mass is 407 g/mol. The van der Waals surface area contributed by atoms with E-state index in [1.807, 2.05) is 37.3 Å². The van der Waals surface area contributed by atoms with Gasteiger partial charge in [-0.05, 0) is 37.3 Å². The summed E-state index contributed by atoms with van der Waals surface area (Å²) in [5, 5.41) is 11.2. The SMILES string of the molecule is C[C@@H](NC(=O)CSc1nnc(-c2cccc(Br)c2)o1)c1ccco1. The number of carbonyl (C=O) groups is 1. The fourth-order valence-electron chi connectivity index (χ4n) is 2.03. The third kappa shape index (κ3) is 4.27. The van der Waals surface area contributed by atoms with Gasteiger partial charge < -0.3 is 14.2 Å². The van der Waals surface area contributed by atoms with E-state index in [2.05, 4.69) is 31.4 Å². The molecule has 0 radical (unpaired) electrons. The zero-order valence-corrected chi connectivity index (χ0v) is 15.1. The van der Waals surface area contributed by atoms with E-state index in [9.17, 15) is 4.79 Å². The maximum atomic E-state index is 12.0. The number of halogens is 1. The van der Waals surface area contributed by atoms with Gasteiger partial charge in [0.15, 0.2) is 0 Å². The van der Waals surface area contributed by atoms with Gasteiger partial charge in [-0.2, -0.15) is 0 Å². The van der Waals surface area contributed by atoms with Crippen molar-refractivity contribution in [1.82, 2.24) is 15.5 Å². The third-order valence-electron chi connectivity index (χ3n) is 3.15. The molecule has 1 N–H and O–H groups in total. The van der Waals surface area contributed by atoms with Gasteiger partial charge in [0.25, 0.3) is 5.22 Å². The first kappa shape index (κ1) is 16.8. The smallest absolute Gasteiger partial charge is 0.277 e. The fraction of sp³-hybridized carbons (Fsp3) is 0.188. The summed E-state index contributed by atoms with van der Waals surface area (Å²) in [5.74, 6) is 1.18. The van der Waals surface area contributed by atoms with Crippen LogP contribution in [0.2, 0.25) is 0 Å². The maximum absolute atomic E-state index is 12.0. The Labute approximate surface area is 151 Å². The minimum Gasteiger partial charge on any atom is -0.467 e. The molecule has 8 heteroatoms. The molecule has 2 aromatic heterocycles. The highest BCUT2D eigenvalue weighted by molar-refractivity contribution is 9.10. The summed E-state index contributed by atoms with van der Waals surface area (Å²) in [6, 6.07) is 11.0. The van der Waals surface area contributed by atoms with Crippen molar-refractivity contribution >= 4 is 33.6 Å². The molecule has 0 saturated carbocycles. The fourth-order valence-corrected chi connectivity index (χ4v) is 3.00. The second-order valence-corrected chi connectivity index (χ2v) is 6.82. The van der Waals surface area contributed by atoms with Crippen LogP contribution in [0.4, 0.5) is 0 Å². The Morgan fingerprint density at radius 2 is 2.21 bits per heavy atom. The largest absolute Gasteiger partial charge is 0.467 e. The molecule has 2 heterocycles. The number of amides is 1. The van der Waals surface area contributed by atoms with E-state index < -0.39 is 0 Å². The summed E-state index contributed by atoms with van der Waals surface area (Å²) >= 11 is 4.59. The Kier molecular flexibility index (Phi) is 5.37. The highest BCUT2D eigenvalue weighted by Gasteiger charge is 2.14. The normalized spacial score (nSPS) is 12.1. The molecule has 0 fully saturated rings. The van der Waals surface area contributed by atoms with Gasteiger partial charge in [0.2, 0.25) is 11.8 Å². The highest BCUT2D eigenvalue weighted by atomic mass is 79.9. The molecule has 124 valence electrons. The van der Waals surface area contributed by atoms with Gasteiger partial charge in [0.05, 0.1) is 18.1 Å². The summed E-state index contributed by atoms with van der Waals surface area (Å²) in [4.78, 5) is 12.0. The molecule has 0 unspecified atom stereocenters. The predicted molar refractivity (Wildman–Crippen MR) is 93.4 cm³/mol. The topological polar surface area (TPSA) is 81.2 Å². The van der Waals surface area contributed by atoms with Crippen molar-refractivity contribution in [3.63, 3.8) is 0 Å². The van der Waals surface area contributed by atoms with Crippen molar-refractivity contribution < 1.29 is 13.6 Å². The van der Waals surface area contributed by atoms with Gasteiger partial charge in [-0.1, -0.05) is 33.8 Å². The Morgan fingerprint density at radius 1 is 1.33 bits per heavy atom. The molecule has 1 atom stereocenters. The van der Waals surface area contributed by atoms with E-state index in [0.717, 1.165) is 10.0 Å². The second-order valence-electron chi connectivity index (χ2n) is 4.98. The summed E-state index contributed by atoms with van der Waals surface area (Å²) in [5.41, 5.74) is 0.819. The minimum absolute atomic E-state index is 0.133. The lowest BCUT2D eigenvalue weighted by atomic mass is 10.2. The van der Waals surface area contributed by atoms with Crippen LogP contribution in [0.15, 0.2) is 61.2 Å². The van der Waals surface area contributed by atoms with Gasteiger partial charge in [-0.25, -0.2) is 0 Å². The number of hydrogen-bond donors (Lipinski definition) is 1. The van der Waals surface area contributed by atoms with E-state index in [1.165, 1.54) is 11.8 Å². The quantitative estimate of drug-likeness (QED) is 0.620. The molecule has 0 spiro atoms. The van der Waals surface area contributed by atoms with Crippen LogP contribution in [-0.2, 0) is 4.79 Å². The zero-order chi connectivity index (χ0) is 16.9. The van der Waals surface area contributed by atoms with Crippen LogP contribution in [0, 0.1) is 0 Å². The third-order valence-corrected chi connectivity index (χ3v) is 4.46. The Balaban J connectivity index is 1.54. The van der Waals surface area contributed by atoms with E-state index in [-0.39, 0.29) is 17.7 Å². The number of nitrogens with zero attached hydrogens (tertiary/aromatic N) is 2. The summed E-state index contributed by atoms with van der Waals surface area (Å²) < 4.78 is 11.8. The number of hydrogen-bond acceptors (Lipinski definition) is 6. The number of benzene rings is 1. The van der Waals surface area contributed by atoms with Crippen molar-refractivity contribution in [2.24, 2.45) is 0 Å². The molecule has 1 amide bonds. The lowest BCUT2D eigenvalue weighted by Gasteiger charge is -2.10. The van der Waals surface area contributed by atoms with Crippen LogP contribution in [0.1, 0.15) is 18.7 Å². The first-order valence-corrected chi connectivity index (χ1v) is 8.94. The van der Waals surface area contributed by atoms with Crippen molar-refractivity contribution in [2.75, 3.05) is 5.75 Å². The van der Waals surface area contributed by atoms with Gasteiger partial charge in [0.1, 0.15) is 5.76 Å². The molecular weight excluding hydrogens is 394 g/mol. The molecule has 24 heavy (non-hydrogen) atoms. The number of thioether (sulfide) groups is 1. The van der Waals surface area contributed by atoms with Crippen molar-refractivity contribution in [3.8, 4) is 11.5 Å². The highest BCUT2D eigenvalue weighted by Crippen LogP contribution is 2.25. The standard InChI is InChI=1S/C16H14BrN3O3S/c1-10(13-6-3-7-22-13)18-14(21)9-24-16-20-19-15(23-16)11-4-2-5-12(17)8-11/h2-8,10H,9H2,1H3,(H,18,21)/t10-/m1/s1. The number of rotatable bonds is 6. The van der Waals surface area contributed by atoms with Gasteiger partial charge >= 0.3 is 0 Å². The van der Waals surface area contributed by atoms with Crippen LogP contribution in [-0.4, -0.2) is 21.9 Å². The lowest BCUT2D eigenvalue weighted by molar-refractivity contribution is -0.119. The molecule has 0 aliphatic rings. The molecule has 6 nitrogen and oxygen atoms in total. The van der Waals surface area contributed by atoms with E-state index in [0.29, 0.717) is 16.9 Å². The molecule has 3 rings (SSSR count). The first-order valence-electron chi connectivity index (χ1n) is 7.17. The van der Waals surface area contributed by atoms with Gasteiger partial charge in [-0.15, -0.1) is 10.2 Å². The number of aromatic nitrogens is 2. The zero-order valence-electron chi connectivity index (χ0n) is 12.7. The summed E-state index contributed by atoms with van der Waals surface area (Å²) in [7, 11) is 0. The van der Waals surface area contributed by atoms with E-state index in [1.54, 1.807) is 12.3 Å². The van der Waals surface area contributed by atoms with E-state index in [4.69, 9.17) is 8.83 Å². The van der Waals surface area contributed by atoms with Crippen LogP contribution in [0.25, 0.3) is 11.5 Å². The maximum Gasteiger partial charge on any atom is 0.277 e. The first-order chi connectivity index (χ1) is 11.6. The van der Waals surface area contributed by atoms with Crippen molar-refractivity contribution in [3.05, 3.63) is 52.9 Å². The predicted octanol–water partition coefficient (Wildman–Crippen LogP) is 4.06. The molecule has 3 aromatic rings. The number of furan rings is 1. The Bertz CT molecular complexity index is 820. The molecule has 0 bridgehead atoms. The molecule has 0 aliphatic heterocycles. The van der Waals surface area contributed by atoms with Crippen LogP contribution in [0.3, 0.4) is 0 Å². The van der Waals surface area contributed by atoms with Crippen molar-refractivity contribution in [2.45, 2.75) is 18.2 Å². The van der Waals surface area contributed by atoms with Crippen LogP contribution >= 0.6 is 27.7 Å². The van der Waals surface area contributed by atoms with Crippen LogP contribution in [0.5, 0.6) is 0 Å². The minimum atomic E-state index is -0.187. The molecule has 1 aromatic carbocycles. The second kappa shape index (κ2) is 7.67. The Hall–Kier alpha value is -2.06. The average molecular weight is 408 g/mol. The number of carbonyl (C=O) groups excluding carboxylic acids is 1.